The number of rotatable bonds is 4. The third-order valence-electron chi connectivity index (χ3n) is 4.12. The summed E-state index contributed by atoms with van der Waals surface area (Å²) in [5, 5.41) is 10.7. The fraction of sp³-hybridized carbons (Fsp3) is 0.571. The van der Waals surface area contributed by atoms with Gasteiger partial charge in [-0.25, -0.2) is 0 Å². The van der Waals surface area contributed by atoms with E-state index in [1.54, 1.807) is 14.2 Å². The zero-order chi connectivity index (χ0) is 12.7. The van der Waals surface area contributed by atoms with Gasteiger partial charge in [0.1, 0.15) is 0 Å². The minimum absolute atomic E-state index is 0.00734. The van der Waals surface area contributed by atoms with Crippen molar-refractivity contribution < 1.29 is 14.6 Å². The standard InChI is InChI=1S/C14H20O3/c1-13(7-8-13)14(2,15)10-5-6-11(16-3)12(9-10)17-4/h5-6,9,15H,7-8H2,1-4H3. The smallest absolute Gasteiger partial charge is 0.161 e. The van der Waals surface area contributed by atoms with Crippen LogP contribution >= 0.6 is 0 Å². The summed E-state index contributed by atoms with van der Waals surface area (Å²) in [5.41, 5.74) is 0.0641. The van der Waals surface area contributed by atoms with E-state index in [1.807, 2.05) is 25.1 Å². The van der Waals surface area contributed by atoms with Gasteiger partial charge in [0.05, 0.1) is 19.8 Å². The van der Waals surface area contributed by atoms with Crippen LogP contribution in [-0.2, 0) is 5.60 Å². The van der Waals surface area contributed by atoms with E-state index in [4.69, 9.17) is 9.47 Å². The first-order valence-electron chi connectivity index (χ1n) is 5.89. The summed E-state index contributed by atoms with van der Waals surface area (Å²) < 4.78 is 10.5. The van der Waals surface area contributed by atoms with Gasteiger partial charge in [-0.2, -0.15) is 0 Å². The van der Waals surface area contributed by atoms with Crippen LogP contribution in [0.1, 0.15) is 32.3 Å². The maximum Gasteiger partial charge on any atom is 0.161 e. The Hall–Kier alpha value is -1.22. The van der Waals surface area contributed by atoms with E-state index < -0.39 is 5.60 Å². The summed E-state index contributed by atoms with van der Waals surface area (Å²) >= 11 is 0. The second kappa shape index (κ2) is 3.91. The first kappa shape index (κ1) is 12.2. The molecule has 1 fully saturated rings. The molecule has 0 aliphatic heterocycles. The zero-order valence-corrected chi connectivity index (χ0v) is 10.9. The average molecular weight is 236 g/mol. The van der Waals surface area contributed by atoms with Gasteiger partial charge in [-0.05, 0) is 37.5 Å². The van der Waals surface area contributed by atoms with Crippen molar-refractivity contribution in [2.75, 3.05) is 14.2 Å². The molecule has 0 aromatic heterocycles. The molecule has 17 heavy (non-hydrogen) atoms. The van der Waals surface area contributed by atoms with Gasteiger partial charge in [0, 0.05) is 5.41 Å². The fourth-order valence-corrected chi connectivity index (χ4v) is 2.16. The highest BCUT2D eigenvalue weighted by molar-refractivity contribution is 5.45. The molecular weight excluding hydrogens is 216 g/mol. The van der Waals surface area contributed by atoms with Gasteiger partial charge in [-0.3, -0.25) is 0 Å². The Morgan fingerprint density at radius 3 is 2.24 bits per heavy atom. The lowest BCUT2D eigenvalue weighted by Crippen LogP contribution is -2.31. The highest BCUT2D eigenvalue weighted by atomic mass is 16.5. The van der Waals surface area contributed by atoms with Gasteiger partial charge in [-0.15, -0.1) is 0 Å². The molecule has 1 saturated carbocycles. The summed E-state index contributed by atoms with van der Waals surface area (Å²) in [7, 11) is 3.22. The maximum absolute atomic E-state index is 10.7. The third-order valence-corrected chi connectivity index (χ3v) is 4.12. The van der Waals surface area contributed by atoms with Gasteiger partial charge >= 0.3 is 0 Å². The van der Waals surface area contributed by atoms with E-state index in [2.05, 4.69) is 6.92 Å². The molecule has 1 aliphatic carbocycles. The summed E-state index contributed by atoms with van der Waals surface area (Å²) in [4.78, 5) is 0. The molecular formula is C14H20O3. The minimum atomic E-state index is -0.813. The number of ether oxygens (including phenoxy) is 2. The predicted octanol–water partition coefficient (Wildman–Crippen LogP) is 2.71. The number of benzene rings is 1. The molecule has 1 N–H and O–H groups in total. The van der Waals surface area contributed by atoms with E-state index in [1.165, 1.54) is 0 Å². The average Bonchev–Trinajstić information content (AvgIpc) is 3.08. The summed E-state index contributed by atoms with van der Waals surface area (Å²) in [6.45, 7) is 3.99. The van der Waals surface area contributed by atoms with Crippen LogP contribution in [0.4, 0.5) is 0 Å². The van der Waals surface area contributed by atoms with Crippen LogP contribution in [-0.4, -0.2) is 19.3 Å². The molecule has 0 bridgehead atoms. The van der Waals surface area contributed by atoms with Crippen molar-refractivity contribution >= 4 is 0 Å². The first-order valence-corrected chi connectivity index (χ1v) is 5.89. The molecule has 1 aromatic rings. The monoisotopic (exact) mass is 236 g/mol. The lowest BCUT2D eigenvalue weighted by Gasteiger charge is -2.31. The molecule has 0 heterocycles. The van der Waals surface area contributed by atoms with Gasteiger partial charge in [0.25, 0.3) is 0 Å². The van der Waals surface area contributed by atoms with Gasteiger partial charge < -0.3 is 14.6 Å². The van der Waals surface area contributed by atoms with E-state index in [0.29, 0.717) is 11.5 Å². The van der Waals surface area contributed by atoms with Crippen molar-refractivity contribution in [2.45, 2.75) is 32.3 Å². The Morgan fingerprint density at radius 2 is 1.76 bits per heavy atom. The van der Waals surface area contributed by atoms with Crippen molar-refractivity contribution in [1.29, 1.82) is 0 Å². The highest BCUT2D eigenvalue weighted by Crippen LogP contribution is 2.58. The highest BCUT2D eigenvalue weighted by Gasteiger charge is 2.53. The van der Waals surface area contributed by atoms with Crippen LogP contribution in [0.15, 0.2) is 18.2 Å². The largest absolute Gasteiger partial charge is 0.493 e. The van der Waals surface area contributed by atoms with Crippen LogP contribution < -0.4 is 9.47 Å². The number of methoxy groups -OCH3 is 2. The normalized spacial score (nSPS) is 20.5. The number of hydrogen-bond acceptors (Lipinski definition) is 3. The fourth-order valence-electron chi connectivity index (χ4n) is 2.16. The lowest BCUT2D eigenvalue weighted by atomic mass is 9.81. The summed E-state index contributed by atoms with van der Waals surface area (Å²) in [6, 6.07) is 5.61. The van der Waals surface area contributed by atoms with Crippen molar-refractivity contribution in [2.24, 2.45) is 5.41 Å². The molecule has 1 aliphatic rings. The molecule has 0 amide bonds. The molecule has 3 heteroatoms. The predicted molar refractivity (Wildman–Crippen MR) is 66.5 cm³/mol. The van der Waals surface area contributed by atoms with Crippen molar-refractivity contribution in [3.05, 3.63) is 23.8 Å². The molecule has 1 aromatic carbocycles. The van der Waals surface area contributed by atoms with E-state index >= 15 is 0 Å². The topological polar surface area (TPSA) is 38.7 Å². The number of aliphatic hydroxyl groups is 1. The van der Waals surface area contributed by atoms with Gasteiger partial charge in [-0.1, -0.05) is 13.0 Å². The van der Waals surface area contributed by atoms with Crippen LogP contribution in [0, 0.1) is 5.41 Å². The molecule has 1 atom stereocenters. The Balaban J connectivity index is 2.39. The Morgan fingerprint density at radius 1 is 1.18 bits per heavy atom. The van der Waals surface area contributed by atoms with Crippen LogP contribution in [0.25, 0.3) is 0 Å². The Bertz CT molecular complexity index is 419. The quantitative estimate of drug-likeness (QED) is 0.873. The molecule has 0 saturated heterocycles. The Kier molecular flexibility index (Phi) is 2.82. The van der Waals surface area contributed by atoms with Crippen LogP contribution in [0.2, 0.25) is 0 Å². The SMILES string of the molecule is COc1ccc(C(C)(O)C2(C)CC2)cc1OC. The van der Waals surface area contributed by atoms with E-state index in [-0.39, 0.29) is 5.41 Å². The maximum atomic E-state index is 10.7. The van der Waals surface area contributed by atoms with Crippen LogP contribution in [0.5, 0.6) is 11.5 Å². The second-order valence-electron chi connectivity index (χ2n) is 5.20. The summed E-state index contributed by atoms with van der Waals surface area (Å²) in [6.07, 6.45) is 2.13. The van der Waals surface area contributed by atoms with Gasteiger partial charge in [0.15, 0.2) is 11.5 Å². The second-order valence-corrected chi connectivity index (χ2v) is 5.20. The molecule has 1 unspecified atom stereocenters. The number of hydrogen-bond donors (Lipinski definition) is 1. The van der Waals surface area contributed by atoms with Crippen LogP contribution in [0.3, 0.4) is 0 Å². The van der Waals surface area contributed by atoms with Crippen molar-refractivity contribution in [1.82, 2.24) is 0 Å². The van der Waals surface area contributed by atoms with Gasteiger partial charge in [0.2, 0.25) is 0 Å². The van der Waals surface area contributed by atoms with Crippen molar-refractivity contribution in [3.8, 4) is 11.5 Å². The molecule has 0 spiro atoms. The first-order chi connectivity index (χ1) is 7.94. The minimum Gasteiger partial charge on any atom is -0.493 e. The zero-order valence-electron chi connectivity index (χ0n) is 10.9. The lowest BCUT2D eigenvalue weighted by molar-refractivity contribution is -0.0128. The molecule has 94 valence electrons. The summed E-state index contributed by atoms with van der Waals surface area (Å²) in [5.74, 6) is 1.35. The van der Waals surface area contributed by atoms with Crippen molar-refractivity contribution in [3.63, 3.8) is 0 Å². The molecule has 3 nitrogen and oxygen atoms in total. The molecule has 0 radical (unpaired) electrons. The van der Waals surface area contributed by atoms with E-state index in [9.17, 15) is 5.11 Å². The molecule has 2 rings (SSSR count). The third kappa shape index (κ3) is 1.89. The Labute approximate surface area is 102 Å². The van der Waals surface area contributed by atoms with E-state index in [0.717, 1.165) is 18.4 Å².